The predicted molar refractivity (Wildman–Crippen MR) is 125 cm³/mol. The lowest BCUT2D eigenvalue weighted by molar-refractivity contribution is -0.112. The first-order chi connectivity index (χ1) is 16.9. The Kier molecular flexibility index (Phi) is 6.55. The first-order valence-electron chi connectivity index (χ1n) is 11.3. The van der Waals surface area contributed by atoms with Gasteiger partial charge in [0.05, 0.1) is 17.1 Å². The predicted octanol–water partition coefficient (Wildman–Crippen LogP) is 4.58. The molecule has 1 unspecified atom stereocenters. The van der Waals surface area contributed by atoms with E-state index in [1.807, 2.05) is 30.3 Å². The molecule has 3 aromatic rings. The van der Waals surface area contributed by atoms with Crippen LogP contribution in [-0.2, 0) is 32.7 Å². The topological polar surface area (TPSA) is 82.1 Å². The van der Waals surface area contributed by atoms with Crippen molar-refractivity contribution in [2.75, 3.05) is 13.1 Å². The quantitative estimate of drug-likeness (QED) is 0.464. The fraction of sp³-hybridized carbons (Fsp3) is 0.269. The molecule has 9 heteroatoms. The Balaban J connectivity index is 1.29. The molecule has 5 rings (SSSR count). The molecule has 0 aliphatic carbocycles. The van der Waals surface area contributed by atoms with Crippen LogP contribution in [0.2, 0.25) is 0 Å². The largest absolute Gasteiger partial charge is 0.460 e. The van der Waals surface area contributed by atoms with E-state index in [1.54, 1.807) is 0 Å². The lowest BCUT2D eigenvalue weighted by Gasteiger charge is -2.28. The van der Waals surface area contributed by atoms with Gasteiger partial charge in [-0.15, -0.1) is 0 Å². The number of hydrogen-bond acceptors (Lipinski definition) is 6. The van der Waals surface area contributed by atoms with Crippen molar-refractivity contribution < 1.29 is 31.8 Å². The average molecular weight is 498 g/mol. The zero-order chi connectivity index (χ0) is 24.4. The highest BCUT2D eigenvalue weighted by Crippen LogP contribution is 2.37. The minimum atomic E-state index is -3.57. The fourth-order valence-corrected chi connectivity index (χ4v) is 5.74. The lowest BCUT2D eigenvalue weighted by atomic mass is 10.1. The Morgan fingerprint density at radius 2 is 1.74 bits per heavy atom. The van der Waals surface area contributed by atoms with Crippen molar-refractivity contribution in [2.24, 2.45) is 0 Å². The van der Waals surface area contributed by atoms with Crippen LogP contribution in [0.15, 0.2) is 71.6 Å². The number of carbonyl (C=O) groups excluding carboxylic acids is 1. The van der Waals surface area contributed by atoms with E-state index in [9.17, 15) is 17.6 Å². The summed E-state index contributed by atoms with van der Waals surface area (Å²) in [5.74, 6) is -0.720. The Morgan fingerprint density at radius 1 is 1.03 bits per heavy atom. The van der Waals surface area contributed by atoms with Crippen LogP contribution in [0.3, 0.4) is 0 Å². The van der Waals surface area contributed by atoms with Crippen LogP contribution < -0.4 is 4.74 Å². The van der Waals surface area contributed by atoms with Gasteiger partial charge in [-0.3, -0.25) is 0 Å². The summed E-state index contributed by atoms with van der Waals surface area (Å²) < 4.78 is 58.1. The van der Waals surface area contributed by atoms with Gasteiger partial charge < -0.3 is 14.2 Å². The molecule has 0 radical (unpaired) electrons. The summed E-state index contributed by atoms with van der Waals surface area (Å²) in [5.41, 5.74) is 1.92. The van der Waals surface area contributed by atoms with Crippen molar-refractivity contribution in [3.63, 3.8) is 0 Å². The molecule has 0 aromatic heterocycles. The second-order valence-corrected chi connectivity index (χ2v) is 10.4. The number of sulfonamides is 1. The van der Waals surface area contributed by atoms with Crippen molar-refractivity contribution >= 4 is 16.0 Å². The van der Waals surface area contributed by atoms with Crippen LogP contribution in [0.25, 0.3) is 0 Å². The second-order valence-electron chi connectivity index (χ2n) is 8.44. The number of carbonyl (C=O) groups is 1. The summed E-state index contributed by atoms with van der Waals surface area (Å²) in [6, 6.07) is 17.6. The Morgan fingerprint density at radius 3 is 2.46 bits per heavy atom. The van der Waals surface area contributed by atoms with E-state index >= 15 is 0 Å². The van der Waals surface area contributed by atoms with Crippen molar-refractivity contribution in [3.8, 4) is 5.75 Å². The minimum absolute atomic E-state index is 0.135. The molecule has 0 amide bonds. The van der Waals surface area contributed by atoms with Crippen LogP contribution in [0, 0.1) is 5.82 Å². The molecular formula is C26H24FNO6S. The molecule has 0 saturated carbocycles. The number of halogens is 1. The van der Waals surface area contributed by atoms with Gasteiger partial charge in [0.25, 0.3) is 0 Å². The summed E-state index contributed by atoms with van der Waals surface area (Å²) >= 11 is 0. The Hall–Kier alpha value is -3.27. The van der Waals surface area contributed by atoms with E-state index in [0.717, 1.165) is 18.4 Å². The molecule has 3 aromatic carbocycles. The van der Waals surface area contributed by atoms with E-state index < -0.39 is 28.1 Å². The second kappa shape index (κ2) is 9.77. The smallest absolute Gasteiger partial charge is 0.338 e. The summed E-state index contributed by atoms with van der Waals surface area (Å²) in [5, 5.41) is 0. The Bertz CT molecular complexity index is 1320. The highest BCUT2D eigenvalue weighted by atomic mass is 32.2. The molecule has 0 bridgehead atoms. The number of rotatable bonds is 6. The first kappa shape index (κ1) is 23.5. The molecule has 2 aliphatic rings. The molecule has 1 saturated heterocycles. The average Bonchev–Trinajstić information content (AvgIpc) is 3.43. The molecule has 7 nitrogen and oxygen atoms in total. The molecule has 2 aliphatic heterocycles. The van der Waals surface area contributed by atoms with Crippen LogP contribution >= 0.6 is 0 Å². The van der Waals surface area contributed by atoms with Gasteiger partial charge >= 0.3 is 5.97 Å². The van der Waals surface area contributed by atoms with Crippen LogP contribution in [0.4, 0.5) is 4.39 Å². The maximum absolute atomic E-state index is 14.2. The summed E-state index contributed by atoms with van der Waals surface area (Å²) in [6.07, 6.45) is 1.03. The standard InChI is InChI=1S/C26H24FNO6S/c27-22-14-20(24-21(15-22)17-33-26(34-24)19-6-2-1-3-7-19)16-32-25(29)18-8-10-23(11-9-18)35(30,31)28-12-4-5-13-28/h1-3,6-11,14-15,26H,4-5,12-13,16-17H2. The summed E-state index contributed by atoms with van der Waals surface area (Å²) in [6.45, 7) is 0.944. The van der Waals surface area contributed by atoms with Gasteiger partial charge in [0.1, 0.15) is 18.2 Å². The SMILES string of the molecule is O=C(OCc1cc(F)cc2c1OC(c1ccccc1)OC2)c1ccc(S(=O)(=O)N2CCCC2)cc1. The van der Waals surface area contributed by atoms with E-state index in [-0.39, 0.29) is 23.7 Å². The maximum Gasteiger partial charge on any atom is 0.338 e. The third-order valence-electron chi connectivity index (χ3n) is 6.05. The molecule has 0 N–H and O–H groups in total. The van der Waals surface area contributed by atoms with E-state index in [0.29, 0.717) is 30.0 Å². The summed E-state index contributed by atoms with van der Waals surface area (Å²) in [4.78, 5) is 12.8. The van der Waals surface area contributed by atoms with Crippen LogP contribution in [0.1, 0.15) is 46.2 Å². The molecule has 35 heavy (non-hydrogen) atoms. The number of nitrogens with zero attached hydrogens (tertiary/aromatic N) is 1. The molecule has 0 spiro atoms. The first-order valence-corrected chi connectivity index (χ1v) is 12.8. The van der Waals surface area contributed by atoms with E-state index in [2.05, 4.69) is 0 Å². The molecule has 182 valence electrons. The zero-order valence-electron chi connectivity index (χ0n) is 18.9. The summed E-state index contributed by atoms with van der Waals surface area (Å²) in [7, 11) is -3.57. The Labute approximate surface area is 203 Å². The van der Waals surface area contributed by atoms with Gasteiger partial charge in [-0.2, -0.15) is 4.31 Å². The van der Waals surface area contributed by atoms with Gasteiger partial charge in [-0.1, -0.05) is 30.3 Å². The van der Waals surface area contributed by atoms with Crippen molar-refractivity contribution in [2.45, 2.75) is 37.2 Å². The number of hydrogen-bond donors (Lipinski definition) is 0. The number of esters is 1. The normalized spacial score (nSPS) is 18.0. The lowest BCUT2D eigenvalue weighted by Crippen LogP contribution is -2.27. The number of benzene rings is 3. The van der Waals surface area contributed by atoms with Crippen molar-refractivity contribution in [3.05, 3.63) is 94.8 Å². The monoisotopic (exact) mass is 497 g/mol. The number of fused-ring (bicyclic) bond motifs is 1. The minimum Gasteiger partial charge on any atom is -0.460 e. The van der Waals surface area contributed by atoms with Crippen LogP contribution in [-0.4, -0.2) is 31.8 Å². The van der Waals surface area contributed by atoms with Gasteiger partial charge in [0.15, 0.2) is 0 Å². The van der Waals surface area contributed by atoms with Gasteiger partial charge in [0.2, 0.25) is 16.3 Å². The molecular weight excluding hydrogens is 473 g/mol. The van der Waals surface area contributed by atoms with Gasteiger partial charge in [-0.25, -0.2) is 17.6 Å². The zero-order valence-corrected chi connectivity index (χ0v) is 19.7. The third kappa shape index (κ3) is 4.93. The van der Waals surface area contributed by atoms with E-state index in [4.69, 9.17) is 14.2 Å². The van der Waals surface area contributed by atoms with E-state index in [1.165, 1.54) is 40.7 Å². The molecule has 1 atom stereocenters. The van der Waals surface area contributed by atoms with Crippen LogP contribution in [0.5, 0.6) is 5.75 Å². The molecule has 1 fully saturated rings. The highest BCUT2D eigenvalue weighted by molar-refractivity contribution is 7.89. The van der Waals surface area contributed by atoms with Gasteiger partial charge in [0, 0.05) is 29.8 Å². The number of ether oxygens (including phenoxy) is 3. The molecule has 2 heterocycles. The highest BCUT2D eigenvalue weighted by Gasteiger charge is 2.28. The van der Waals surface area contributed by atoms with Crippen molar-refractivity contribution in [1.29, 1.82) is 0 Å². The maximum atomic E-state index is 14.2. The van der Waals surface area contributed by atoms with Gasteiger partial charge in [-0.05, 0) is 49.2 Å². The third-order valence-corrected chi connectivity index (χ3v) is 7.96. The fourth-order valence-electron chi connectivity index (χ4n) is 4.23. The van der Waals surface area contributed by atoms with Crippen molar-refractivity contribution in [1.82, 2.24) is 4.31 Å².